The molecule has 1 aromatic heterocycles. The molecule has 1 amide bonds. The van der Waals surface area contributed by atoms with Gasteiger partial charge in [-0.15, -0.1) is 0 Å². The van der Waals surface area contributed by atoms with Crippen molar-refractivity contribution >= 4 is 11.7 Å². The summed E-state index contributed by atoms with van der Waals surface area (Å²) in [5.74, 6) is 2.08. The molecular weight excluding hydrogens is 304 g/mol. The number of anilines is 1. The van der Waals surface area contributed by atoms with Crippen LogP contribution in [0.25, 0.3) is 0 Å². The molecule has 1 aliphatic carbocycles. The number of piperidine rings is 1. The van der Waals surface area contributed by atoms with Crippen molar-refractivity contribution in [1.29, 1.82) is 0 Å². The molecule has 1 saturated carbocycles. The predicted octanol–water partition coefficient (Wildman–Crippen LogP) is 1.72. The summed E-state index contributed by atoms with van der Waals surface area (Å²) < 4.78 is 5.91. The minimum Gasteiger partial charge on any atom is -0.374 e. The maximum absolute atomic E-state index is 12.9. The number of nitrogens with zero attached hydrogens (tertiary/aromatic N) is 4. The number of aromatic nitrogens is 2. The molecule has 3 heterocycles. The number of hydrogen-bond donors (Lipinski definition) is 0. The zero-order chi connectivity index (χ0) is 16.4. The highest BCUT2D eigenvalue weighted by molar-refractivity contribution is 5.79. The van der Waals surface area contributed by atoms with Crippen LogP contribution in [0.15, 0.2) is 18.6 Å². The Morgan fingerprint density at radius 2 is 1.96 bits per heavy atom. The van der Waals surface area contributed by atoms with E-state index in [0.717, 1.165) is 44.8 Å². The monoisotopic (exact) mass is 330 g/mol. The summed E-state index contributed by atoms with van der Waals surface area (Å²) in [6.45, 7) is 4.02. The highest BCUT2D eigenvalue weighted by atomic mass is 16.5. The maximum atomic E-state index is 12.9. The molecule has 130 valence electrons. The van der Waals surface area contributed by atoms with Gasteiger partial charge in [0.15, 0.2) is 0 Å². The first-order valence-corrected chi connectivity index (χ1v) is 9.22. The highest BCUT2D eigenvalue weighted by Crippen LogP contribution is 2.33. The van der Waals surface area contributed by atoms with Crippen molar-refractivity contribution in [1.82, 2.24) is 14.9 Å². The Kier molecular flexibility index (Phi) is 4.65. The van der Waals surface area contributed by atoms with Crippen LogP contribution in [0.2, 0.25) is 0 Å². The molecule has 0 spiro atoms. The van der Waals surface area contributed by atoms with E-state index in [1.807, 2.05) is 0 Å². The van der Waals surface area contributed by atoms with E-state index in [2.05, 4.69) is 19.8 Å². The third-order valence-electron chi connectivity index (χ3n) is 5.80. The smallest absolute Gasteiger partial charge is 0.225 e. The first-order chi connectivity index (χ1) is 11.8. The lowest BCUT2D eigenvalue weighted by Crippen LogP contribution is -2.52. The summed E-state index contributed by atoms with van der Waals surface area (Å²) in [5, 5.41) is 0. The Balaban J connectivity index is 1.31. The second-order valence-electron chi connectivity index (χ2n) is 7.21. The van der Waals surface area contributed by atoms with Crippen LogP contribution in [0.3, 0.4) is 0 Å². The van der Waals surface area contributed by atoms with Crippen LogP contribution in [0.5, 0.6) is 0 Å². The molecule has 0 N–H and O–H groups in total. The fourth-order valence-electron chi connectivity index (χ4n) is 4.04. The Bertz CT molecular complexity index is 555. The molecule has 2 aliphatic heterocycles. The predicted molar refractivity (Wildman–Crippen MR) is 90.6 cm³/mol. The van der Waals surface area contributed by atoms with Crippen molar-refractivity contribution in [2.24, 2.45) is 11.8 Å². The van der Waals surface area contributed by atoms with E-state index in [1.165, 1.54) is 19.3 Å². The molecule has 1 aromatic rings. The molecule has 0 aromatic carbocycles. The van der Waals surface area contributed by atoms with Crippen molar-refractivity contribution in [3.63, 3.8) is 0 Å². The number of ether oxygens (including phenoxy) is 1. The summed E-state index contributed by atoms with van der Waals surface area (Å²) in [4.78, 5) is 25.7. The van der Waals surface area contributed by atoms with Gasteiger partial charge in [-0.3, -0.25) is 9.78 Å². The minimum absolute atomic E-state index is 0.151. The molecular formula is C18H26N4O2. The Hall–Kier alpha value is -1.69. The zero-order valence-electron chi connectivity index (χ0n) is 14.1. The molecule has 2 saturated heterocycles. The van der Waals surface area contributed by atoms with E-state index in [4.69, 9.17) is 4.74 Å². The zero-order valence-corrected chi connectivity index (χ0v) is 14.1. The molecule has 24 heavy (non-hydrogen) atoms. The van der Waals surface area contributed by atoms with E-state index < -0.39 is 0 Å². The largest absolute Gasteiger partial charge is 0.374 e. The van der Waals surface area contributed by atoms with Crippen LogP contribution >= 0.6 is 0 Å². The van der Waals surface area contributed by atoms with Crippen LogP contribution in [0.4, 0.5) is 5.82 Å². The van der Waals surface area contributed by atoms with Gasteiger partial charge in [0.25, 0.3) is 0 Å². The van der Waals surface area contributed by atoms with Gasteiger partial charge in [-0.2, -0.15) is 0 Å². The molecule has 1 unspecified atom stereocenters. The summed E-state index contributed by atoms with van der Waals surface area (Å²) in [7, 11) is 0. The SMILES string of the molecule is O=C(C1CCN(c2cnccn2)CC1)N1CCOC(C2CCC2)C1. The van der Waals surface area contributed by atoms with E-state index >= 15 is 0 Å². The fourth-order valence-corrected chi connectivity index (χ4v) is 4.04. The molecule has 6 heteroatoms. The van der Waals surface area contributed by atoms with Crippen molar-refractivity contribution in [3.8, 4) is 0 Å². The Labute approximate surface area is 143 Å². The standard InChI is InChI=1S/C18H26N4O2/c23-18(22-10-11-24-16(13-22)14-2-1-3-14)15-4-8-21(9-5-15)17-12-19-6-7-20-17/h6-7,12,14-16H,1-5,8-11,13H2. The van der Waals surface area contributed by atoms with Gasteiger partial charge in [0.2, 0.25) is 5.91 Å². The Morgan fingerprint density at radius 3 is 2.62 bits per heavy atom. The normalized spacial score (nSPS) is 26.2. The molecule has 3 aliphatic rings. The summed E-state index contributed by atoms with van der Waals surface area (Å²) in [6, 6.07) is 0. The average molecular weight is 330 g/mol. The van der Waals surface area contributed by atoms with Gasteiger partial charge in [0, 0.05) is 44.5 Å². The molecule has 1 atom stereocenters. The lowest BCUT2D eigenvalue weighted by Gasteiger charge is -2.42. The fraction of sp³-hybridized carbons (Fsp3) is 0.722. The van der Waals surface area contributed by atoms with Gasteiger partial charge in [-0.05, 0) is 31.6 Å². The highest BCUT2D eigenvalue weighted by Gasteiger charge is 2.36. The van der Waals surface area contributed by atoms with Gasteiger partial charge >= 0.3 is 0 Å². The topological polar surface area (TPSA) is 58.6 Å². The van der Waals surface area contributed by atoms with Crippen molar-refractivity contribution in [2.45, 2.75) is 38.2 Å². The first-order valence-electron chi connectivity index (χ1n) is 9.22. The number of carbonyl (C=O) groups excluding carboxylic acids is 1. The maximum Gasteiger partial charge on any atom is 0.225 e. The minimum atomic E-state index is 0.151. The van der Waals surface area contributed by atoms with Crippen LogP contribution in [0.1, 0.15) is 32.1 Å². The first kappa shape index (κ1) is 15.8. The van der Waals surface area contributed by atoms with Crippen molar-refractivity contribution in [3.05, 3.63) is 18.6 Å². The quantitative estimate of drug-likeness (QED) is 0.844. The lowest BCUT2D eigenvalue weighted by atomic mass is 9.80. The molecule has 3 fully saturated rings. The Morgan fingerprint density at radius 1 is 1.12 bits per heavy atom. The molecule has 6 nitrogen and oxygen atoms in total. The number of morpholine rings is 1. The number of rotatable bonds is 3. The number of carbonyl (C=O) groups is 1. The van der Waals surface area contributed by atoms with Gasteiger partial charge in [-0.1, -0.05) is 6.42 Å². The third kappa shape index (κ3) is 3.24. The average Bonchev–Trinajstić information content (AvgIpc) is 2.61. The molecule has 0 radical (unpaired) electrons. The summed E-state index contributed by atoms with van der Waals surface area (Å²) in [5.41, 5.74) is 0. The summed E-state index contributed by atoms with van der Waals surface area (Å²) in [6.07, 6.45) is 11.1. The van der Waals surface area contributed by atoms with Crippen molar-refractivity contribution < 1.29 is 9.53 Å². The van der Waals surface area contributed by atoms with Crippen LogP contribution in [-0.2, 0) is 9.53 Å². The van der Waals surface area contributed by atoms with Crippen LogP contribution < -0.4 is 4.90 Å². The summed E-state index contributed by atoms with van der Waals surface area (Å²) >= 11 is 0. The van der Waals surface area contributed by atoms with Gasteiger partial charge in [0.1, 0.15) is 5.82 Å². The van der Waals surface area contributed by atoms with E-state index in [9.17, 15) is 4.79 Å². The van der Waals surface area contributed by atoms with E-state index in [0.29, 0.717) is 18.4 Å². The van der Waals surface area contributed by atoms with Crippen LogP contribution in [-0.4, -0.2) is 59.7 Å². The number of hydrogen-bond acceptors (Lipinski definition) is 5. The van der Waals surface area contributed by atoms with E-state index in [1.54, 1.807) is 18.6 Å². The van der Waals surface area contributed by atoms with E-state index in [-0.39, 0.29) is 12.0 Å². The van der Waals surface area contributed by atoms with Crippen molar-refractivity contribution in [2.75, 3.05) is 37.7 Å². The second-order valence-corrected chi connectivity index (χ2v) is 7.21. The second kappa shape index (κ2) is 7.05. The van der Waals surface area contributed by atoms with Gasteiger partial charge < -0.3 is 14.5 Å². The third-order valence-corrected chi connectivity index (χ3v) is 5.80. The molecule has 0 bridgehead atoms. The number of amides is 1. The lowest BCUT2D eigenvalue weighted by molar-refractivity contribution is -0.147. The van der Waals surface area contributed by atoms with Crippen LogP contribution in [0, 0.1) is 11.8 Å². The van der Waals surface area contributed by atoms with Gasteiger partial charge in [0.05, 0.1) is 18.9 Å². The van der Waals surface area contributed by atoms with Gasteiger partial charge in [-0.25, -0.2) is 4.98 Å². The molecule has 4 rings (SSSR count).